The van der Waals surface area contributed by atoms with Crippen LogP contribution in [-0.4, -0.2) is 17.5 Å². The normalized spacial score (nSPS) is 20.5. The van der Waals surface area contributed by atoms with Gasteiger partial charge in [0.05, 0.1) is 0 Å². The fourth-order valence-corrected chi connectivity index (χ4v) is 2.24. The predicted molar refractivity (Wildman–Crippen MR) is 60.1 cm³/mol. The summed E-state index contributed by atoms with van der Waals surface area (Å²) in [5, 5.41) is 9.00. The van der Waals surface area contributed by atoms with Crippen molar-refractivity contribution in [3.05, 3.63) is 35.6 Å². The van der Waals surface area contributed by atoms with Gasteiger partial charge in [-0.3, -0.25) is 0 Å². The standard InChI is InChI=1S/C13H15FN2/c14-12-6-4-11(5-7-12)9-13-3-1-2-8-16(13)10-15/h4-7,13H,1-3,8-9H2. The van der Waals surface area contributed by atoms with E-state index in [0.29, 0.717) is 6.04 Å². The molecule has 0 aliphatic carbocycles. The molecule has 2 nitrogen and oxygen atoms in total. The van der Waals surface area contributed by atoms with Crippen LogP contribution in [0.25, 0.3) is 0 Å². The van der Waals surface area contributed by atoms with Crippen LogP contribution in [0, 0.1) is 17.3 Å². The summed E-state index contributed by atoms with van der Waals surface area (Å²) in [4.78, 5) is 1.85. The Bertz CT molecular complexity index is 380. The molecule has 0 saturated carbocycles. The Labute approximate surface area is 95.3 Å². The minimum absolute atomic E-state index is 0.204. The predicted octanol–water partition coefficient (Wildman–Crippen LogP) is 2.70. The SMILES string of the molecule is N#CN1CCCCC1Cc1ccc(F)cc1. The zero-order chi connectivity index (χ0) is 11.4. The second-order valence-electron chi connectivity index (χ2n) is 4.27. The zero-order valence-electron chi connectivity index (χ0n) is 9.19. The van der Waals surface area contributed by atoms with E-state index < -0.39 is 0 Å². The van der Waals surface area contributed by atoms with Crippen LogP contribution >= 0.6 is 0 Å². The Kier molecular flexibility index (Phi) is 3.40. The van der Waals surface area contributed by atoms with Crippen molar-refractivity contribution in [2.75, 3.05) is 6.54 Å². The van der Waals surface area contributed by atoms with Crippen LogP contribution in [0.15, 0.2) is 24.3 Å². The van der Waals surface area contributed by atoms with Crippen molar-refractivity contribution < 1.29 is 4.39 Å². The van der Waals surface area contributed by atoms with Crippen molar-refractivity contribution in [1.82, 2.24) is 4.90 Å². The van der Waals surface area contributed by atoms with Crippen molar-refractivity contribution in [3.63, 3.8) is 0 Å². The van der Waals surface area contributed by atoms with E-state index in [1.54, 1.807) is 12.1 Å². The fraction of sp³-hybridized carbons (Fsp3) is 0.462. The van der Waals surface area contributed by atoms with Crippen LogP contribution in [0.5, 0.6) is 0 Å². The molecule has 16 heavy (non-hydrogen) atoms. The molecule has 1 aromatic rings. The highest BCUT2D eigenvalue weighted by atomic mass is 19.1. The highest BCUT2D eigenvalue weighted by Crippen LogP contribution is 2.19. The summed E-state index contributed by atoms with van der Waals surface area (Å²) in [5.41, 5.74) is 1.11. The van der Waals surface area contributed by atoms with Crippen LogP contribution in [0.2, 0.25) is 0 Å². The second kappa shape index (κ2) is 4.98. The summed E-state index contributed by atoms with van der Waals surface area (Å²) in [7, 11) is 0. The lowest BCUT2D eigenvalue weighted by Crippen LogP contribution is -2.37. The Morgan fingerprint density at radius 1 is 1.31 bits per heavy atom. The molecule has 1 unspecified atom stereocenters. The topological polar surface area (TPSA) is 27.0 Å². The number of halogens is 1. The molecule has 0 spiro atoms. The van der Waals surface area contributed by atoms with Gasteiger partial charge in [0.25, 0.3) is 0 Å². The van der Waals surface area contributed by atoms with Gasteiger partial charge < -0.3 is 4.90 Å². The Morgan fingerprint density at radius 3 is 2.75 bits per heavy atom. The Hall–Kier alpha value is -1.56. The molecular formula is C13H15FN2. The maximum atomic E-state index is 12.7. The third-order valence-electron chi connectivity index (χ3n) is 3.14. The Balaban J connectivity index is 2.02. The van der Waals surface area contributed by atoms with Crippen LogP contribution < -0.4 is 0 Å². The zero-order valence-corrected chi connectivity index (χ0v) is 9.19. The summed E-state index contributed by atoms with van der Waals surface area (Å²) < 4.78 is 12.7. The average Bonchev–Trinajstić information content (AvgIpc) is 2.33. The second-order valence-corrected chi connectivity index (χ2v) is 4.27. The van der Waals surface area contributed by atoms with Crippen molar-refractivity contribution >= 4 is 0 Å². The highest BCUT2D eigenvalue weighted by molar-refractivity contribution is 5.17. The lowest BCUT2D eigenvalue weighted by atomic mass is 9.96. The third kappa shape index (κ3) is 2.52. The summed E-state index contributed by atoms with van der Waals surface area (Å²) in [6.45, 7) is 0.863. The van der Waals surface area contributed by atoms with E-state index in [0.717, 1.165) is 31.4 Å². The van der Waals surface area contributed by atoms with Crippen molar-refractivity contribution in [1.29, 1.82) is 5.26 Å². The maximum Gasteiger partial charge on any atom is 0.179 e. The number of nitriles is 1. The number of rotatable bonds is 2. The summed E-state index contributed by atoms with van der Waals surface area (Å²) >= 11 is 0. The number of piperidine rings is 1. The van der Waals surface area contributed by atoms with E-state index in [4.69, 9.17) is 5.26 Å². The number of hydrogen-bond donors (Lipinski definition) is 0. The van der Waals surface area contributed by atoms with E-state index >= 15 is 0 Å². The lowest BCUT2D eigenvalue weighted by Gasteiger charge is -2.31. The van der Waals surface area contributed by atoms with Gasteiger partial charge >= 0.3 is 0 Å². The summed E-state index contributed by atoms with van der Waals surface area (Å²) in [6.07, 6.45) is 6.44. The van der Waals surface area contributed by atoms with Crippen LogP contribution in [-0.2, 0) is 6.42 Å². The smallest absolute Gasteiger partial charge is 0.179 e. The quantitative estimate of drug-likeness (QED) is 0.714. The third-order valence-corrected chi connectivity index (χ3v) is 3.14. The van der Waals surface area contributed by atoms with Crippen LogP contribution in [0.3, 0.4) is 0 Å². The van der Waals surface area contributed by atoms with Crippen molar-refractivity contribution in [2.45, 2.75) is 31.7 Å². The van der Waals surface area contributed by atoms with Crippen LogP contribution in [0.1, 0.15) is 24.8 Å². The largest absolute Gasteiger partial charge is 0.307 e. The molecule has 3 heteroatoms. The van der Waals surface area contributed by atoms with Gasteiger partial charge in [0, 0.05) is 12.6 Å². The molecule has 1 saturated heterocycles. The van der Waals surface area contributed by atoms with Gasteiger partial charge in [0.2, 0.25) is 0 Å². The summed E-state index contributed by atoms with van der Waals surface area (Å²) in [6, 6.07) is 6.87. The first kappa shape index (κ1) is 10.9. The monoisotopic (exact) mass is 218 g/mol. The highest BCUT2D eigenvalue weighted by Gasteiger charge is 2.21. The van der Waals surface area contributed by atoms with Crippen molar-refractivity contribution in [3.8, 4) is 6.19 Å². The molecular weight excluding hydrogens is 203 g/mol. The number of likely N-dealkylation sites (tertiary alicyclic amines) is 1. The first-order chi connectivity index (χ1) is 7.79. The lowest BCUT2D eigenvalue weighted by molar-refractivity contribution is 0.223. The van der Waals surface area contributed by atoms with Gasteiger partial charge in [0.1, 0.15) is 5.82 Å². The van der Waals surface area contributed by atoms with Gasteiger partial charge in [-0.25, -0.2) is 4.39 Å². The molecule has 0 amide bonds. The minimum Gasteiger partial charge on any atom is -0.307 e. The van der Waals surface area contributed by atoms with Gasteiger partial charge in [-0.1, -0.05) is 12.1 Å². The van der Waals surface area contributed by atoms with E-state index in [2.05, 4.69) is 6.19 Å². The molecule has 1 atom stereocenters. The molecule has 1 heterocycles. The first-order valence-corrected chi connectivity index (χ1v) is 5.70. The molecule has 0 bridgehead atoms. The molecule has 1 aliphatic heterocycles. The number of benzene rings is 1. The summed E-state index contributed by atoms with van der Waals surface area (Å²) in [5.74, 6) is -0.204. The Morgan fingerprint density at radius 2 is 2.06 bits per heavy atom. The van der Waals surface area contributed by atoms with Gasteiger partial charge in [-0.05, 0) is 43.4 Å². The first-order valence-electron chi connectivity index (χ1n) is 5.70. The molecule has 2 rings (SSSR count). The van der Waals surface area contributed by atoms with E-state index in [1.165, 1.54) is 18.6 Å². The molecule has 1 aliphatic rings. The molecule has 1 aromatic carbocycles. The van der Waals surface area contributed by atoms with Crippen LogP contribution in [0.4, 0.5) is 4.39 Å². The number of hydrogen-bond acceptors (Lipinski definition) is 2. The number of nitrogens with zero attached hydrogens (tertiary/aromatic N) is 2. The van der Waals surface area contributed by atoms with Gasteiger partial charge in [-0.2, -0.15) is 5.26 Å². The molecule has 0 N–H and O–H groups in total. The van der Waals surface area contributed by atoms with Gasteiger partial charge in [0.15, 0.2) is 6.19 Å². The van der Waals surface area contributed by atoms with Gasteiger partial charge in [-0.15, -0.1) is 0 Å². The molecule has 0 aromatic heterocycles. The van der Waals surface area contributed by atoms with E-state index in [1.807, 2.05) is 4.90 Å². The minimum atomic E-state index is -0.204. The van der Waals surface area contributed by atoms with E-state index in [9.17, 15) is 4.39 Å². The molecule has 0 radical (unpaired) electrons. The average molecular weight is 218 g/mol. The molecule has 84 valence electrons. The maximum absolute atomic E-state index is 12.7. The van der Waals surface area contributed by atoms with Crippen molar-refractivity contribution in [2.24, 2.45) is 0 Å². The fourth-order valence-electron chi connectivity index (χ4n) is 2.24. The molecule has 1 fully saturated rings. The van der Waals surface area contributed by atoms with E-state index in [-0.39, 0.29) is 5.82 Å².